The highest BCUT2D eigenvalue weighted by atomic mass is 14.9. The van der Waals surface area contributed by atoms with E-state index in [1.807, 2.05) is 6.92 Å². The zero-order valence-corrected chi connectivity index (χ0v) is 5.09. The molecule has 2 nitrogen and oxygen atoms in total. The molecule has 0 saturated carbocycles. The summed E-state index contributed by atoms with van der Waals surface area (Å²) >= 11 is 0. The highest BCUT2D eigenvalue weighted by Gasteiger charge is 1.78. The van der Waals surface area contributed by atoms with Gasteiger partial charge in [0.25, 0.3) is 0 Å². The Bertz CT molecular complexity index is 104. The molecule has 0 aliphatic heterocycles. The van der Waals surface area contributed by atoms with Crippen molar-refractivity contribution < 1.29 is 0 Å². The minimum Gasteiger partial charge on any atom is -0.267 e. The van der Waals surface area contributed by atoms with Gasteiger partial charge in [-0.1, -0.05) is 6.58 Å². The van der Waals surface area contributed by atoms with Gasteiger partial charge in [-0.25, -0.2) is 4.99 Å². The zero-order valence-electron chi connectivity index (χ0n) is 5.09. The Morgan fingerprint density at radius 1 is 1.75 bits per heavy atom. The van der Waals surface area contributed by atoms with E-state index in [-0.39, 0.29) is 0 Å². The van der Waals surface area contributed by atoms with Gasteiger partial charge in [-0.15, -0.1) is 0 Å². The molecule has 0 amide bonds. The molecule has 0 aliphatic carbocycles. The molecule has 0 radical (unpaired) electrons. The first-order valence-electron chi connectivity index (χ1n) is 2.48. The van der Waals surface area contributed by atoms with E-state index in [1.165, 1.54) is 0 Å². The van der Waals surface area contributed by atoms with Crippen molar-refractivity contribution in [3.63, 3.8) is 0 Å². The van der Waals surface area contributed by atoms with Crippen LogP contribution >= 0.6 is 0 Å². The van der Waals surface area contributed by atoms with Crippen LogP contribution in [-0.2, 0) is 0 Å². The van der Waals surface area contributed by atoms with E-state index < -0.39 is 0 Å². The van der Waals surface area contributed by atoms with E-state index in [2.05, 4.69) is 23.3 Å². The fraction of sp³-hybridized carbons (Fsp3) is 0.333. The monoisotopic (exact) mass is 110 g/mol. The lowest BCUT2D eigenvalue weighted by atomic mass is 10.6. The van der Waals surface area contributed by atoms with E-state index in [0.29, 0.717) is 5.84 Å². The Morgan fingerprint density at radius 2 is 2.38 bits per heavy atom. The third-order valence-electron chi connectivity index (χ3n) is 0.665. The number of hydrogen-bond acceptors (Lipinski definition) is 1. The maximum atomic E-state index is 3.93. The summed E-state index contributed by atoms with van der Waals surface area (Å²) in [6.45, 7) is 9.46. The van der Waals surface area contributed by atoms with Gasteiger partial charge in [-0.2, -0.15) is 0 Å². The average Bonchev–Trinajstić information content (AvgIpc) is 1.83. The number of nitrogens with zero attached hydrogens (tertiary/aromatic N) is 2. The van der Waals surface area contributed by atoms with Crippen molar-refractivity contribution in [2.75, 3.05) is 6.54 Å². The Labute approximate surface area is 49.7 Å². The molecular formula is C6H10N2. The van der Waals surface area contributed by atoms with Crippen molar-refractivity contribution in [2.45, 2.75) is 6.92 Å². The van der Waals surface area contributed by atoms with Crippen molar-refractivity contribution in [3.05, 3.63) is 12.7 Å². The van der Waals surface area contributed by atoms with Crippen molar-refractivity contribution >= 4 is 12.6 Å². The van der Waals surface area contributed by atoms with E-state index in [1.54, 1.807) is 6.08 Å². The van der Waals surface area contributed by atoms with Gasteiger partial charge >= 0.3 is 0 Å². The number of rotatable bonds is 2. The highest BCUT2D eigenvalue weighted by Crippen LogP contribution is 1.79. The molecule has 0 atom stereocenters. The van der Waals surface area contributed by atoms with Gasteiger partial charge in [0.15, 0.2) is 0 Å². The Hall–Kier alpha value is -0.920. The predicted octanol–water partition coefficient (Wildman–Crippen LogP) is 1.29. The van der Waals surface area contributed by atoms with Crippen LogP contribution in [0.25, 0.3) is 0 Å². The first-order valence-corrected chi connectivity index (χ1v) is 2.48. The van der Waals surface area contributed by atoms with Crippen molar-refractivity contribution in [1.82, 2.24) is 0 Å². The molecule has 0 bridgehead atoms. The molecule has 0 saturated heterocycles. The summed E-state index contributed by atoms with van der Waals surface area (Å²) in [4.78, 5) is 7.51. The molecule has 0 aliphatic rings. The minimum atomic E-state index is 0.618. The SMILES string of the molecule is C=CC(N=C)=NCC. The van der Waals surface area contributed by atoms with Crippen LogP contribution in [0.15, 0.2) is 22.6 Å². The van der Waals surface area contributed by atoms with E-state index in [0.717, 1.165) is 6.54 Å². The first kappa shape index (κ1) is 7.08. The fourth-order valence-corrected chi connectivity index (χ4v) is 0.341. The molecule has 0 spiro atoms. The molecule has 44 valence electrons. The van der Waals surface area contributed by atoms with Crippen molar-refractivity contribution in [1.29, 1.82) is 0 Å². The van der Waals surface area contributed by atoms with Crippen LogP contribution < -0.4 is 0 Å². The van der Waals surface area contributed by atoms with Gasteiger partial charge in [0.1, 0.15) is 5.84 Å². The second kappa shape index (κ2) is 4.24. The average molecular weight is 110 g/mol. The smallest absolute Gasteiger partial charge is 0.145 e. The van der Waals surface area contributed by atoms with Gasteiger partial charge in [0.2, 0.25) is 0 Å². The normalized spacial score (nSPS) is 10.9. The summed E-state index contributed by atoms with van der Waals surface area (Å²) < 4.78 is 0. The van der Waals surface area contributed by atoms with E-state index in [9.17, 15) is 0 Å². The lowest BCUT2D eigenvalue weighted by Gasteiger charge is -1.85. The van der Waals surface area contributed by atoms with E-state index in [4.69, 9.17) is 0 Å². The summed E-state index contributed by atoms with van der Waals surface area (Å²) in [5, 5.41) is 0. The molecule has 0 fully saturated rings. The minimum absolute atomic E-state index is 0.618. The van der Waals surface area contributed by atoms with Gasteiger partial charge < -0.3 is 0 Å². The van der Waals surface area contributed by atoms with Crippen LogP contribution in [0.2, 0.25) is 0 Å². The maximum absolute atomic E-state index is 3.93. The molecule has 0 aromatic rings. The standard InChI is InChI=1S/C6H10N2/c1-4-6(7-3)8-5-2/h4H,1,3,5H2,2H3. The highest BCUT2D eigenvalue weighted by molar-refractivity contribution is 5.95. The Morgan fingerprint density at radius 3 is 2.50 bits per heavy atom. The van der Waals surface area contributed by atoms with Crippen molar-refractivity contribution in [3.8, 4) is 0 Å². The fourth-order valence-electron chi connectivity index (χ4n) is 0.341. The van der Waals surface area contributed by atoms with Crippen LogP contribution in [0.4, 0.5) is 0 Å². The third kappa shape index (κ3) is 2.29. The summed E-state index contributed by atoms with van der Waals surface area (Å²) in [6, 6.07) is 0. The first-order chi connectivity index (χ1) is 3.85. The Kier molecular flexibility index (Phi) is 3.76. The number of amidine groups is 1. The van der Waals surface area contributed by atoms with Crippen LogP contribution in [0.5, 0.6) is 0 Å². The lowest BCUT2D eigenvalue weighted by molar-refractivity contribution is 1.13. The summed E-state index contributed by atoms with van der Waals surface area (Å²) in [5.74, 6) is 0.618. The molecule has 0 rings (SSSR count). The topological polar surface area (TPSA) is 24.7 Å². The van der Waals surface area contributed by atoms with Crippen molar-refractivity contribution in [2.24, 2.45) is 9.98 Å². The summed E-state index contributed by atoms with van der Waals surface area (Å²) in [7, 11) is 0. The number of hydrogen-bond donors (Lipinski definition) is 0. The van der Waals surface area contributed by atoms with Crippen LogP contribution in [0.1, 0.15) is 6.92 Å². The Balaban J connectivity index is 3.85. The maximum Gasteiger partial charge on any atom is 0.145 e. The van der Waals surface area contributed by atoms with E-state index >= 15 is 0 Å². The molecule has 8 heavy (non-hydrogen) atoms. The van der Waals surface area contributed by atoms with Crippen LogP contribution in [-0.4, -0.2) is 19.1 Å². The molecule has 0 aromatic carbocycles. The molecule has 0 heterocycles. The molecule has 0 aromatic heterocycles. The lowest BCUT2D eigenvalue weighted by Crippen LogP contribution is -1.85. The van der Waals surface area contributed by atoms with Gasteiger partial charge in [-0.3, -0.25) is 4.99 Å². The molecular weight excluding hydrogens is 100 g/mol. The van der Waals surface area contributed by atoms with Crippen LogP contribution in [0.3, 0.4) is 0 Å². The second-order valence-corrected chi connectivity index (χ2v) is 1.19. The summed E-state index contributed by atoms with van der Waals surface area (Å²) in [6.07, 6.45) is 1.58. The molecule has 0 N–H and O–H groups in total. The zero-order chi connectivity index (χ0) is 6.41. The molecule has 2 heteroatoms. The third-order valence-corrected chi connectivity index (χ3v) is 0.665. The quantitative estimate of drug-likeness (QED) is 0.378. The second-order valence-electron chi connectivity index (χ2n) is 1.19. The predicted molar refractivity (Wildman–Crippen MR) is 37.7 cm³/mol. The van der Waals surface area contributed by atoms with Crippen LogP contribution in [0, 0.1) is 0 Å². The van der Waals surface area contributed by atoms with Gasteiger partial charge in [0, 0.05) is 6.54 Å². The van der Waals surface area contributed by atoms with Gasteiger partial charge in [0.05, 0.1) is 0 Å². The summed E-state index contributed by atoms with van der Waals surface area (Å²) in [5.41, 5.74) is 0. The largest absolute Gasteiger partial charge is 0.267 e. The number of aliphatic imine (C=N–C) groups is 2. The molecule has 0 unspecified atom stereocenters. The van der Waals surface area contributed by atoms with Gasteiger partial charge in [-0.05, 0) is 19.7 Å².